The molecule has 2 fully saturated rings. The van der Waals surface area contributed by atoms with Crippen LogP contribution in [0.2, 0.25) is 0 Å². The highest BCUT2D eigenvalue weighted by Gasteiger charge is 2.55. The van der Waals surface area contributed by atoms with Crippen LogP contribution < -0.4 is 5.32 Å². The van der Waals surface area contributed by atoms with Crippen molar-refractivity contribution in [2.45, 2.75) is 139 Å². The highest BCUT2D eigenvalue weighted by Crippen LogP contribution is 2.63. The molecule has 1 amide bonds. The largest absolute Gasteiger partial charge is 0.446 e. The third kappa shape index (κ3) is 6.64. The SMILES string of the molecule is CCC(CC[C@@H](C)[C@@H](CC)[C@@]1(C)CC[C@H]2[C@@H](CC=C3C[C@@H](OC(=O)NCC(C)O)CC[C@@]32C)[C@@H]1C)C(C)C. The summed E-state index contributed by atoms with van der Waals surface area (Å²) in [5.74, 6) is 5.47. The number of hydrogen-bond acceptors (Lipinski definition) is 3. The van der Waals surface area contributed by atoms with Crippen molar-refractivity contribution in [3.05, 3.63) is 11.6 Å². The lowest BCUT2D eigenvalue weighted by atomic mass is 9.45. The molecule has 0 radical (unpaired) electrons. The summed E-state index contributed by atoms with van der Waals surface area (Å²) in [5, 5.41) is 12.1. The van der Waals surface area contributed by atoms with Crippen molar-refractivity contribution in [1.29, 1.82) is 0 Å². The summed E-state index contributed by atoms with van der Waals surface area (Å²) in [6.45, 7) is 21.9. The lowest BCUT2D eigenvalue weighted by Gasteiger charge is -2.60. The highest BCUT2D eigenvalue weighted by molar-refractivity contribution is 5.67. The molecule has 3 aliphatic rings. The Morgan fingerprint density at radius 2 is 1.82 bits per heavy atom. The molecule has 0 saturated heterocycles. The van der Waals surface area contributed by atoms with Gasteiger partial charge in [0, 0.05) is 13.0 Å². The predicted molar refractivity (Wildman–Crippen MR) is 159 cm³/mol. The van der Waals surface area contributed by atoms with Crippen molar-refractivity contribution < 1.29 is 14.6 Å². The second-order valence-electron chi connectivity index (χ2n) is 14.5. The van der Waals surface area contributed by atoms with Gasteiger partial charge in [0.15, 0.2) is 0 Å². The van der Waals surface area contributed by atoms with Crippen molar-refractivity contribution >= 4 is 6.09 Å². The number of ether oxygens (including phenoxy) is 1. The van der Waals surface area contributed by atoms with Gasteiger partial charge in [-0.15, -0.1) is 0 Å². The molecule has 0 aromatic heterocycles. The van der Waals surface area contributed by atoms with E-state index in [1.807, 2.05) is 0 Å². The Hall–Kier alpha value is -1.03. The minimum Gasteiger partial charge on any atom is -0.446 e. The molecule has 10 atom stereocenters. The van der Waals surface area contributed by atoms with E-state index in [1.54, 1.807) is 6.92 Å². The van der Waals surface area contributed by atoms with Gasteiger partial charge in [0.1, 0.15) is 6.10 Å². The monoisotopic (exact) mass is 531 g/mol. The third-order valence-electron chi connectivity index (χ3n) is 12.1. The van der Waals surface area contributed by atoms with Crippen LogP contribution in [-0.2, 0) is 4.74 Å². The van der Waals surface area contributed by atoms with E-state index in [4.69, 9.17) is 4.74 Å². The molecule has 4 nitrogen and oxygen atoms in total. The van der Waals surface area contributed by atoms with Gasteiger partial charge in [0.25, 0.3) is 0 Å². The van der Waals surface area contributed by atoms with E-state index >= 15 is 0 Å². The number of nitrogens with one attached hydrogen (secondary N) is 1. The van der Waals surface area contributed by atoms with Gasteiger partial charge >= 0.3 is 6.09 Å². The minimum absolute atomic E-state index is 0.0470. The first-order chi connectivity index (χ1) is 17.9. The zero-order valence-corrected chi connectivity index (χ0v) is 26.3. The Bertz CT molecular complexity index is 806. The molecule has 0 aromatic rings. The number of alkyl carbamates (subject to hydrolysis) is 1. The number of aliphatic hydroxyl groups excluding tert-OH is 1. The molecular weight excluding hydrogens is 470 g/mol. The van der Waals surface area contributed by atoms with E-state index < -0.39 is 12.2 Å². The molecule has 38 heavy (non-hydrogen) atoms. The zero-order valence-electron chi connectivity index (χ0n) is 26.3. The summed E-state index contributed by atoms with van der Waals surface area (Å²) in [7, 11) is 0. The standard InChI is InChI=1S/C34H61NO3/c1-10-26(22(3)4)13-12-23(5)30(11-2)33(8)19-17-31-29(25(33)7)15-14-27-20-28(16-18-34(27,31)9)38-32(37)35-21-24(6)36/h14,22-26,28-31,36H,10-13,15-21H2,1-9H3,(H,35,37)/t23-,24?,25+,26?,28+,29+,30-,31+,33+,34+/m1/s1. The molecule has 3 rings (SSSR count). The van der Waals surface area contributed by atoms with Crippen molar-refractivity contribution in [2.24, 2.45) is 52.3 Å². The van der Waals surface area contributed by atoms with Gasteiger partial charge in [0.2, 0.25) is 0 Å². The fraction of sp³-hybridized carbons (Fsp3) is 0.912. The van der Waals surface area contributed by atoms with E-state index in [9.17, 15) is 9.90 Å². The number of aliphatic hydroxyl groups is 1. The Kier molecular flexibility index (Phi) is 10.8. The lowest BCUT2D eigenvalue weighted by molar-refractivity contribution is -0.0814. The van der Waals surface area contributed by atoms with Crippen LogP contribution in [0.3, 0.4) is 0 Å². The fourth-order valence-corrected chi connectivity index (χ4v) is 9.38. The van der Waals surface area contributed by atoms with Gasteiger partial charge in [-0.2, -0.15) is 0 Å². The maximum absolute atomic E-state index is 12.2. The molecule has 0 heterocycles. The Morgan fingerprint density at radius 1 is 1.11 bits per heavy atom. The fourth-order valence-electron chi connectivity index (χ4n) is 9.38. The third-order valence-corrected chi connectivity index (χ3v) is 12.1. The normalized spacial score (nSPS) is 36.3. The van der Waals surface area contributed by atoms with Crippen molar-refractivity contribution in [3.63, 3.8) is 0 Å². The molecule has 4 heteroatoms. The first-order valence-corrected chi connectivity index (χ1v) is 16.2. The molecular formula is C34H61NO3. The minimum atomic E-state index is -0.558. The second-order valence-corrected chi connectivity index (χ2v) is 14.5. The van der Waals surface area contributed by atoms with Crippen LogP contribution in [0.25, 0.3) is 0 Å². The number of carbonyl (C=O) groups excluding carboxylic acids is 1. The molecule has 0 bridgehead atoms. The number of carbonyl (C=O) groups is 1. The Labute approximate surface area is 235 Å². The Morgan fingerprint density at radius 3 is 2.42 bits per heavy atom. The van der Waals surface area contributed by atoms with Crippen LogP contribution >= 0.6 is 0 Å². The topological polar surface area (TPSA) is 58.6 Å². The van der Waals surface area contributed by atoms with Crippen molar-refractivity contribution in [2.75, 3.05) is 6.54 Å². The molecule has 220 valence electrons. The molecule has 0 spiro atoms. The average Bonchev–Trinajstić information content (AvgIpc) is 2.86. The van der Waals surface area contributed by atoms with Crippen molar-refractivity contribution in [1.82, 2.24) is 5.32 Å². The highest BCUT2D eigenvalue weighted by atomic mass is 16.6. The molecule has 2 saturated carbocycles. The number of amides is 1. The maximum atomic E-state index is 12.2. The molecule has 0 aromatic carbocycles. The van der Waals surface area contributed by atoms with E-state index in [0.717, 1.165) is 60.7 Å². The molecule has 2 N–H and O–H groups in total. The first kappa shape index (κ1) is 31.5. The van der Waals surface area contributed by atoms with E-state index in [2.05, 4.69) is 66.8 Å². The average molecular weight is 532 g/mol. The summed E-state index contributed by atoms with van der Waals surface area (Å²) in [5.41, 5.74) is 2.19. The summed E-state index contributed by atoms with van der Waals surface area (Å²) >= 11 is 0. The molecule has 2 unspecified atom stereocenters. The predicted octanol–water partition coefficient (Wildman–Crippen LogP) is 8.78. The number of fused-ring (bicyclic) bond motifs is 3. The zero-order chi connectivity index (χ0) is 28.3. The summed E-state index contributed by atoms with van der Waals surface area (Å²) in [6.07, 6.45) is 13.7. The van der Waals surface area contributed by atoms with E-state index in [0.29, 0.717) is 5.41 Å². The van der Waals surface area contributed by atoms with Crippen LogP contribution in [0.5, 0.6) is 0 Å². The smallest absolute Gasteiger partial charge is 0.407 e. The van der Waals surface area contributed by atoms with Gasteiger partial charge in [0.05, 0.1) is 6.10 Å². The van der Waals surface area contributed by atoms with Crippen LogP contribution in [0.15, 0.2) is 11.6 Å². The maximum Gasteiger partial charge on any atom is 0.407 e. The van der Waals surface area contributed by atoms with Crippen LogP contribution in [0, 0.1) is 52.3 Å². The quantitative estimate of drug-likeness (QED) is 0.262. The second kappa shape index (κ2) is 13.1. The van der Waals surface area contributed by atoms with Gasteiger partial charge in [-0.3, -0.25) is 0 Å². The summed E-state index contributed by atoms with van der Waals surface area (Å²) in [6, 6.07) is 0. The van der Waals surface area contributed by atoms with Crippen LogP contribution in [-0.4, -0.2) is 30.0 Å². The first-order valence-electron chi connectivity index (χ1n) is 16.2. The van der Waals surface area contributed by atoms with E-state index in [1.165, 1.54) is 50.5 Å². The van der Waals surface area contributed by atoms with Gasteiger partial charge in [-0.1, -0.05) is 86.3 Å². The lowest BCUT2D eigenvalue weighted by Crippen LogP contribution is -2.52. The van der Waals surface area contributed by atoms with Gasteiger partial charge in [-0.25, -0.2) is 4.79 Å². The number of hydrogen-bond donors (Lipinski definition) is 2. The summed E-state index contributed by atoms with van der Waals surface area (Å²) < 4.78 is 5.76. The van der Waals surface area contributed by atoms with E-state index in [-0.39, 0.29) is 18.1 Å². The number of allylic oxidation sites excluding steroid dienone is 1. The summed E-state index contributed by atoms with van der Waals surface area (Å²) in [4.78, 5) is 12.2. The number of rotatable bonds is 11. The molecule has 3 aliphatic carbocycles. The van der Waals surface area contributed by atoms with Crippen molar-refractivity contribution in [3.8, 4) is 0 Å². The van der Waals surface area contributed by atoms with Crippen LogP contribution in [0.4, 0.5) is 4.79 Å². The Balaban J connectivity index is 1.68. The molecule has 0 aliphatic heterocycles. The van der Waals surface area contributed by atoms with Crippen LogP contribution in [0.1, 0.15) is 127 Å². The van der Waals surface area contributed by atoms with Gasteiger partial charge < -0.3 is 15.2 Å². The van der Waals surface area contributed by atoms with Gasteiger partial charge in [-0.05, 0) is 97.7 Å².